The van der Waals surface area contributed by atoms with Crippen LogP contribution in [0, 0.1) is 0 Å². The lowest BCUT2D eigenvalue weighted by molar-refractivity contribution is 0.0636. The monoisotopic (exact) mass is 367 g/mol. The molecule has 0 aliphatic heterocycles. The third kappa shape index (κ3) is 5.39. The van der Waals surface area contributed by atoms with E-state index in [1.165, 1.54) is 17.6 Å². The number of nitrogens with zero attached hydrogens (tertiary/aromatic N) is 2. The Morgan fingerprint density at radius 1 is 1.46 bits per heavy atom. The van der Waals surface area contributed by atoms with Crippen LogP contribution in [0.15, 0.2) is 28.7 Å². The molecule has 0 saturated heterocycles. The van der Waals surface area contributed by atoms with Gasteiger partial charge in [-0.15, -0.1) is 11.3 Å². The van der Waals surface area contributed by atoms with Crippen molar-refractivity contribution >= 4 is 51.9 Å². The Balaban J connectivity index is 2.12. The summed E-state index contributed by atoms with van der Waals surface area (Å²) >= 11 is 7.51. The van der Waals surface area contributed by atoms with E-state index in [4.69, 9.17) is 22.1 Å². The normalized spacial score (nSPS) is 11.5. The van der Waals surface area contributed by atoms with Crippen LogP contribution in [-0.2, 0) is 4.74 Å². The first-order valence-corrected chi connectivity index (χ1v) is 8.29. The molecular weight excluding hydrogens is 350 g/mol. The van der Waals surface area contributed by atoms with Gasteiger partial charge in [-0.3, -0.25) is 10.7 Å². The summed E-state index contributed by atoms with van der Waals surface area (Å²) in [5.74, 6) is 0.419. The van der Waals surface area contributed by atoms with Crippen molar-refractivity contribution in [3.05, 3.63) is 34.2 Å². The highest BCUT2D eigenvalue weighted by molar-refractivity contribution is 7.14. The molecule has 0 atom stereocenters. The van der Waals surface area contributed by atoms with Crippen molar-refractivity contribution in [3.63, 3.8) is 0 Å². The quantitative estimate of drug-likeness (QED) is 0.556. The molecule has 7 nitrogen and oxygen atoms in total. The molecule has 0 fully saturated rings. The summed E-state index contributed by atoms with van der Waals surface area (Å²) in [4.78, 5) is 16.0. The van der Waals surface area contributed by atoms with Gasteiger partial charge in [0.05, 0.1) is 16.9 Å². The van der Waals surface area contributed by atoms with Gasteiger partial charge in [0.2, 0.25) is 5.13 Å². The zero-order valence-corrected chi connectivity index (χ0v) is 15.0. The molecule has 0 aliphatic rings. The van der Waals surface area contributed by atoms with Gasteiger partial charge in [-0.05, 0) is 32.9 Å². The van der Waals surface area contributed by atoms with E-state index in [9.17, 15) is 4.79 Å². The number of benzene rings is 1. The predicted octanol–water partition coefficient (Wildman–Crippen LogP) is 4.17. The maximum absolute atomic E-state index is 11.9. The van der Waals surface area contributed by atoms with Crippen LogP contribution in [0.5, 0.6) is 0 Å². The van der Waals surface area contributed by atoms with Gasteiger partial charge in [-0.1, -0.05) is 17.7 Å². The summed E-state index contributed by atoms with van der Waals surface area (Å²) in [5.41, 5.74) is 8.73. The molecule has 0 bridgehead atoms. The number of nitrogens with two attached hydrogens (primary N) is 1. The minimum Gasteiger partial charge on any atom is -0.444 e. The minimum absolute atomic E-state index is 0.419. The van der Waals surface area contributed by atoms with Crippen LogP contribution in [-0.4, -0.2) is 22.9 Å². The van der Waals surface area contributed by atoms with Crippen molar-refractivity contribution in [3.8, 4) is 0 Å². The second-order valence-corrected chi connectivity index (χ2v) is 7.04. The van der Waals surface area contributed by atoms with Crippen LogP contribution in [0.2, 0.25) is 5.02 Å². The fourth-order valence-corrected chi connectivity index (χ4v) is 2.45. The molecule has 4 N–H and O–H groups in total. The molecule has 0 spiro atoms. The Bertz CT molecular complexity index is 755. The zero-order chi connectivity index (χ0) is 17.7. The predicted molar refractivity (Wildman–Crippen MR) is 99.1 cm³/mol. The Labute approximate surface area is 148 Å². The number of aromatic nitrogens is 1. The number of anilines is 3. The Hall–Kier alpha value is -2.32. The Morgan fingerprint density at radius 3 is 2.83 bits per heavy atom. The molecule has 1 aromatic heterocycles. The number of thiazole rings is 1. The molecule has 24 heavy (non-hydrogen) atoms. The van der Waals surface area contributed by atoms with Crippen LogP contribution in [0.1, 0.15) is 26.3 Å². The third-order valence-electron chi connectivity index (χ3n) is 2.56. The van der Waals surface area contributed by atoms with Gasteiger partial charge >= 0.3 is 6.09 Å². The van der Waals surface area contributed by atoms with Crippen LogP contribution >= 0.6 is 22.9 Å². The van der Waals surface area contributed by atoms with Gasteiger partial charge in [-0.2, -0.15) is 5.10 Å². The first-order chi connectivity index (χ1) is 11.2. The first-order valence-electron chi connectivity index (χ1n) is 7.03. The maximum atomic E-state index is 11.9. The maximum Gasteiger partial charge on any atom is 0.412 e. The second kappa shape index (κ2) is 7.50. The highest BCUT2D eigenvalue weighted by Crippen LogP contribution is 2.24. The first kappa shape index (κ1) is 18.0. The average molecular weight is 368 g/mol. The van der Waals surface area contributed by atoms with Gasteiger partial charge in [0.15, 0.2) is 0 Å². The van der Waals surface area contributed by atoms with Gasteiger partial charge in [-0.25, -0.2) is 9.78 Å². The van der Waals surface area contributed by atoms with Crippen LogP contribution < -0.4 is 16.5 Å². The molecular formula is C15H18ClN5O2S. The Kier molecular flexibility index (Phi) is 5.63. The molecule has 128 valence electrons. The van der Waals surface area contributed by atoms with E-state index in [2.05, 4.69) is 20.8 Å². The SMILES string of the molecule is CC(C)(C)OC(=O)Nc1cccc(Cl)c1C=NNc1nc(N)cs1. The number of ether oxygens (including phenoxy) is 1. The van der Waals surface area contributed by atoms with E-state index in [0.29, 0.717) is 27.2 Å². The van der Waals surface area contributed by atoms with Gasteiger partial charge in [0.1, 0.15) is 11.4 Å². The smallest absolute Gasteiger partial charge is 0.412 e. The van der Waals surface area contributed by atoms with Crippen molar-refractivity contribution in [2.75, 3.05) is 16.5 Å². The highest BCUT2D eigenvalue weighted by Gasteiger charge is 2.17. The van der Waals surface area contributed by atoms with E-state index >= 15 is 0 Å². The molecule has 2 aromatic rings. The lowest BCUT2D eigenvalue weighted by Crippen LogP contribution is -2.27. The Morgan fingerprint density at radius 2 is 2.21 bits per heavy atom. The number of halogens is 1. The number of carbonyl (C=O) groups is 1. The summed E-state index contributed by atoms with van der Waals surface area (Å²) in [6.07, 6.45) is 0.923. The van der Waals surface area contributed by atoms with Crippen LogP contribution in [0.4, 0.5) is 21.4 Å². The molecule has 0 aliphatic carbocycles. The summed E-state index contributed by atoms with van der Waals surface area (Å²) in [6, 6.07) is 5.13. The van der Waals surface area contributed by atoms with Crippen molar-refractivity contribution in [2.45, 2.75) is 26.4 Å². The lowest BCUT2D eigenvalue weighted by atomic mass is 10.2. The van der Waals surface area contributed by atoms with Gasteiger partial charge in [0, 0.05) is 10.9 Å². The third-order valence-corrected chi connectivity index (χ3v) is 3.66. The standard InChI is InChI=1S/C15H18ClN5O2S/c1-15(2,3)23-14(22)19-11-6-4-5-10(16)9(11)7-18-21-13-20-12(17)8-24-13/h4-8H,17H2,1-3H3,(H,19,22)(H,20,21). The van der Waals surface area contributed by atoms with Crippen molar-refractivity contribution < 1.29 is 9.53 Å². The van der Waals surface area contributed by atoms with Crippen molar-refractivity contribution in [2.24, 2.45) is 5.10 Å². The molecule has 2 rings (SSSR count). The molecule has 9 heteroatoms. The van der Waals surface area contributed by atoms with E-state index in [-0.39, 0.29) is 0 Å². The summed E-state index contributed by atoms with van der Waals surface area (Å²) in [7, 11) is 0. The number of carbonyl (C=O) groups excluding carboxylic acids is 1. The molecule has 0 unspecified atom stereocenters. The van der Waals surface area contributed by atoms with Crippen LogP contribution in [0.25, 0.3) is 0 Å². The topological polar surface area (TPSA) is 102 Å². The lowest BCUT2D eigenvalue weighted by Gasteiger charge is -2.20. The molecule has 1 amide bonds. The number of rotatable bonds is 4. The largest absolute Gasteiger partial charge is 0.444 e. The van der Waals surface area contributed by atoms with Crippen LogP contribution in [0.3, 0.4) is 0 Å². The minimum atomic E-state index is -0.594. The van der Waals surface area contributed by atoms with E-state index in [1.54, 1.807) is 44.4 Å². The molecule has 0 saturated carbocycles. The fourth-order valence-electron chi connectivity index (χ4n) is 1.68. The number of hydrogen-bond acceptors (Lipinski definition) is 7. The van der Waals surface area contributed by atoms with E-state index in [0.717, 1.165) is 0 Å². The summed E-state index contributed by atoms with van der Waals surface area (Å²) < 4.78 is 5.24. The number of hydrazone groups is 1. The van der Waals surface area contributed by atoms with Crippen molar-refractivity contribution in [1.82, 2.24) is 4.98 Å². The molecule has 0 radical (unpaired) electrons. The molecule has 1 heterocycles. The van der Waals surface area contributed by atoms with E-state index < -0.39 is 11.7 Å². The average Bonchev–Trinajstić information content (AvgIpc) is 2.85. The van der Waals surface area contributed by atoms with Gasteiger partial charge in [0.25, 0.3) is 0 Å². The highest BCUT2D eigenvalue weighted by atomic mass is 35.5. The van der Waals surface area contributed by atoms with Crippen molar-refractivity contribution in [1.29, 1.82) is 0 Å². The second-order valence-electron chi connectivity index (χ2n) is 5.78. The zero-order valence-electron chi connectivity index (χ0n) is 13.5. The van der Waals surface area contributed by atoms with E-state index in [1.807, 2.05) is 0 Å². The summed E-state index contributed by atoms with van der Waals surface area (Å²) in [6.45, 7) is 5.36. The summed E-state index contributed by atoms with van der Waals surface area (Å²) in [5, 5.41) is 9.42. The van der Waals surface area contributed by atoms with Gasteiger partial charge < -0.3 is 10.5 Å². The number of amides is 1. The number of hydrogen-bond donors (Lipinski definition) is 3. The molecule has 1 aromatic carbocycles. The fraction of sp³-hybridized carbons (Fsp3) is 0.267. The number of nitrogens with one attached hydrogen (secondary N) is 2. The number of nitrogen functional groups attached to an aromatic ring is 1.